The second-order valence-corrected chi connectivity index (χ2v) is 5.22. The van der Waals surface area contributed by atoms with Crippen LogP contribution in [0.1, 0.15) is 19.0 Å². The van der Waals surface area contributed by atoms with Gasteiger partial charge in [-0.3, -0.25) is 9.48 Å². The van der Waals surface area contributed by atoms with Gasteiger partial charge in [0.15, 0.2) is 0 Å². The van der Waals surface area contributed by atoms with Gasteiger partial charge in [0.05, 0.1) is 15.9 Å². The van der Waals surface area contributed by atoms with E-state index < -0.39 is 0 Å². The van der Waals surface area contributed by atoms with Gasteiger partial charge < -0.3 is 0 Å². The number of Topliss-reactive ketones (excluding diaryl/α,β-unsaturated/α-hetero) is 1. The molecular formula is C14H14BrFN2O. The van der Waals surface area contributed by atoms with Crippen molar-refractivity contribution in [2.24, 2.45) is 0 Å². The molecule has 1 aromatic heterocycles. The van der Waals surface area contributed by atoms with E-state index in [1.807, 2.05) is 6.92 Å². The van der Waals surface area contributed by atoms with Crippen LogP contribution < -0.4 is 0 Å². The first kappa shape index (κ1) is 13.9. The Hall–Kier alpha value is -1.49. The van der Waals surface area contributed by atoms with Gasteiger partial charge >= 0.3 is 0 Å². The van der Waals surface area contributed by atoms with Crippen LogP contribution in [-0.4, -0.2) is 15.6 Å². The number of aryl methyl sites for hydroxylation is 2. The van der Waals surface area contributed by atoms with Gasteiger partial charge in [-0.1, -0.05) is 0 Å². The first-order chi connectivity index (χ1) is 8.99. The number of ketones is 1. The van der Waals surface area contributed by atoms with Gasteiger partial charge in [0, 0.05) is 18.5 Å². The molecule has 0 saturated carbocycles. The van der Waals surface area contributed by atoms with E-state index >= 15 is 0 Å². The summed E-state index contributed by atoms with van der Waals surface area (Å²) in [4.78, 5) is 11.1. The monoisotopic (exact) mass is 324 g/mol. The van der Waals surface area contributed by atoms with Gasteiger partial charge in [0.1, 0.15) is 11.6 Å². The Bertz CT molecular complexity index is 605. The number of carbonyl (C=O) groups excluding carboxylic acids is 1. The quantitative estimate of drug-likeness (QED) is 0.858. The van der Waals surface area contributed by atoms with E-state index in [4.69, 9.17) is 0 Å². The van der Waals surface area contributed by atoms with Crippen molar-refractivity contribution >= 4 is 21.7 Å². The molecule has 2 rings (SSSR count). The summed E-state index contributed by atoms with van der Waals surface area (Å²) in [6.45, 7) is 3.97. The molecule has 0 fully saturated rings. The molecule has 0 aliphatic heterocycles. The Morgan fingerprint density at radius 2 is 2.00 bits per heavy atom. The first-order valence-electron chi connectivity index (χ1n) is 5.97. The Morgan fingerprint density at radius 3 is 2.58 bits per heavy atom. The van der Waals surface area contributed by atoms with Crippen molar-refractivity contribution in [1.29, 1.82) is 0 Å². The van der Waals surface area contributed by atoms with Crippen LogP contribution in [0.25, 0.3) is 11.3 Å². The lowest BCUT2D eigenvalue weighted by molar-refractivity contribution is -0.117. The summed E-state index contributed by atoms with van der Waals surface area (Å²) in [5.74, 6) is -0.152. The standard InChI is InChI=1S/C14H14BrFN2O/c1-9(19)7-8-18-14(13(15)10(2)17-18)11-3-5-12(16)6-4-11/h3-6H,7-8H2,1-2H3. The molecule has 1 aromatic carbocycles. The molecule has 0 aliphatic rings. The van der Waals surface area contributed by atoms with Crippen LogP contribution in [0, 0.1) is 12.7 Å². The summed E-state index contributed by atoms with van der Waals surface area (Å²) in [6, 6.07) is 6.25. The maximum absolute atomic E-state index is 13.0. The van der Waals surface area contributed by atoms with Gasteiger partial charge in [-0.2, -0.15) is 5.10 Å². The third-order valence-electron chi connectivity index (χ3n) is 2.85. The summed E-state index contributed by atoms with van der Waals surface area (Å²) >= 11 is 3.50. The highest BCUT2D eigenvalue weighted by Gasteiger charge is 2.15. The predicted octanol–water partition coefficient (Wildman–Crippen LogP) is 3.74. The van der Waals surface area contributed by atoms with Crippen molar-refractivity contribution in [2.45, 2.75) is 26.8 Å². The van der Waals surface area contributed by atoms with Crippen molar-refractivity contribution < 1.29 is 9.18 Å². The number of halogens is 2. The minimum Gasteiger partial charge on any atom is -0.300 e. The summed E-state index contributed by atoms with van der Waals surface area (Å²) < 4.78 is 15.6. The zero-order valence-electron chi connectivity index (χ0n) is 10.8. The number of benzene rings is 1. The Balaban J connectivity index is 2.42. The van der Waals surface area contributed by atoms with Crippen molar-refractivity contribution in [3.63, 3.8) is 0 Å². The van der Waals surface area contributed by atoms with Crippen molar-refractivity contribution in [2.75, 3.05) is 0 Å². The van der Waals surface area contributed by atoms with Crippen molar-refractivity contribution in [3.8, 4) is 11.3 Å². The van der Waals surface area contributed by atoms with Gasteiger partial charge in [0.25, 0.3) is 0 Å². The van der Waals surface area contributed by atoms with E-state index in [-0.39, 0.29) is 11.6 Å². The number of hydrogen-bond donors (Lipinski definition) is 0. The largest absolute Gasteiger partial charge is 0.300 e. The minimum absolute atomic E-state index is 0.120. The molecule has 1 heterocycles. The SMILES string of the molecule is CC(=O)CCn1nc(C)c(Br)c1-c1ccc(F)cc1. The fourth-order valence-corrected chi connectivity index (χ4v) is 2.38. The lowest BCUT2D eigenvalue weighted by atomic mass is 10.1. The number of rotatable bonds is 4. The van der Waals surface area contributed by atoms with Crippen LogP contribution in [-0.2, 0) is 11.3 Å². The highest BCUT2D eigenvalue weighted by atomic mass is 79.9. The maximum atomic E-state index is 13.0. The zero-order valence-corrected chi connectivity index (χ0v) is 12.4. The van der Waals surface area contributed by atoms with E-state index in [0.29, 0.717) is 13.0 Å². The topological polar surface area (TPSA) is 34.9 Å². The van der Waals surface area contributed by atoms with Crippen LogP contribution >= 0.6 is 15.9 Å². The molecule has 100 valence electrons. The van der Waals surface area contributed by atoms with Crippen molar-refractivity contribution in [3.05, 3.63) is 40.2 Å². The Kier molecular flexibility index (Phi) is 4.14. The van der Waals surface area contributed by atoms with Crippen LogP contribution in [0.15, 0.2) is 28.7 Å². The van der Waals surface area contributed by atoms with E-state index in [2.05, 4.69) is 21.0 Å². The van der Waals surface area contributed by atoms with Crippen molar-refractivity contribution in [1.82, 2.24) is 9.78 Å². The molecule has 0 spiro atoms. The molecular weight excluding hydrogens is 311 g/mol. The van der Waals surface area contributed by atoms with E-state index in [0.717, 1.165) is 21.4 Å². The molecule has 0 N–H and O–H groups in total. The molecule has 0 unspecified atom stereocenters. The first-order valence-corrected chi connectivity index (χ1v) is 6.76. The van der Waals surface area contributed by atoms with Gasteiger partial charge in [-0.25, -0.2) is 4.39 Å². The molecule has 3 nitrogen and oxygen atoms in total. The molecule has 0 atom stereocenters. The van der Waals surface area contributed by atoms with E-state index in [1.165, 1.54) is 12.1 Å². The zero-order chi connectivity index (χ0) is 14.0. The number of hydrogen-bond acceptors (Lipinski definition) is 2. The molecule has 0 aliphatic carbocycles. The lowest BCUT2D eigenvalue weighted by Gasteiger charge is -2.07. The Morgan fingerprint density at radius 1 is 1.37 bits per heavy atom. The van der Waals surface area contributed by atoms with Crippen LogP contribution in [0.2, 0.25) is 0 Å². The smallest absolute Gasteiger partial charge is 0.131 e. The van der Waals surface area contributed by atoms with E-state index in [9.17, 15) is 9.18 Å². The summed E-state index contributed by atoms with van der Waals surface area (Å²) in [7, 11) is 0. The number of nitrogens with zero attached hydrogens (tertiary/aromatic N) is 2. The molecule has 2 aromatic rings. The third-order valence-corrected chi connectivity index (χ3v) is 3.80. The van der Waals surface area contributed by atoms with Crippen LogP contribution in [0.3, 0.4) is 0 Å². The molecule has 0 amide bonds. The fraction of sp³-hybridized carbons (Fsp3) is 0.286. The minimum atomic E-state index is -0.272. The number of carbonyl (C=O) groups is 1. The molecule has 0 radical (unpaired) electrons. The van der Waals surface area contributed by atoms with Gasteiger partial charge in [-0.15, -0.1) is 0 Å². The molecule has 19 heavy (non-hydrogen) atoms. The normalized spacial score (nSPS) is 10.7. The van der Waals surface area contributed by atoms with Gasteiger partial charge in [-0.05, 0) is 54.0 Å². The third kappa shape index (κ3) is 3.10. The predicted molar refractivity (Wildman–Crippen MR) is 75.4 cm³/mol. The fourth-order valence-electron chi connectivity index (χ4n) is 1.87. The average molecular weight is 325 g/mol. The lowest BCUT2D eigenvalue weighted by Crippen LogP contribution is -2.06. The summed E-state index contributed by atoms with van der Waals surface area (Å²) in [5, 5.41) is 4.40. The van der Waals surface area contributed by atoms with Crippen LogP contribution in [0.4, 0.5) is 4.39 Å². The second-order valence-electron chi connectivity index (χ2n) is 4.43. The summed E-state index contributed by atoms with van der Waals surface area (Å²) in [5.41, 5.74) is 2.60. The average Bonchev–Trinajstić information content (AvgIpc) is 2.64. The second kappa shape index (κ2) is 5.65. The Labute approximate surface area is 119 Å². The molecule has 0 bridgehead atoms. The number of aromatic nitrogens is 2. The molecule has 0 saturated heterocycles. The molecule has 5 heteroatoms. The van der Waals surface area contributed by atoms with Gasteiger partial charge in [0.2, 0.25) is 0 Å². The summed E-state index contributed by atoms with van der Waals surface area (Å²) in [6.07, 6.45) is 0.432. The van der Waals surface area contributed by atoms with Crippen LogP contribution in [0.5, 0.6) is 0 Å². The van der Waals surface area contributed by atoms with E-state index in [1.54, 1.807) is 23.7 Å². The highest BCUT2D eigenvalue weighted by molar-refractivity contribution is 9.10. The maximum Gasteiger partial charge on any atom is 0.131 e. The highest BCUT2D eigenvalue weighted by Crippen LogP contribution is 2.31.